The molecule has 1 heterocycles. The normalized spacial score (nSPS) is 10.4. The smallest absolute Gasteiger partial charge is 0.216 e. The molecule has 0 unspecified atom stereocenters. The minimum absolute atomic E-state index is 0.117. The van der Waals surface area contributed by atoms with E-state index in [4.69, 9.17) is 4.74 Å². The van der Waals surface area contributed by atoms with Crippen LogP contribution in [-0.2, 0) is 7.05 Å². The molecule has 1 aromatic heterocycles. The molecule has 1 aromatic carbocycles. The number of nitrogens with zero attached hydrogens (tertiary/aromatic N) is 1. The number of hydrogen-bond donors (Lipinski definition) is 0. The van der Waals surface area contributed by atoms with Crippen LogP contribution in [0.1, 0.15) is 10.5 Å². The van der Waals surface area contributed by atoms with Crippen molar-refractivity contribution in [3.05, 3.63) is 52.5 Å². The van der Waals surface area contributed by atoms with Crippen molar-refractivity contribution in [3.63, 3.8) is 0 Å². The molecule has 0 amide bonds. The lowest BCUT2D eigenvalue weighted by Crippen LogP contribution is -2.14. The van der Waals surface area contributed by atoms with Crippen molar-refractivity contribution in [3.8, 4) is 5.75 Å². The Morgan fingerprint density at radius 2 is 2.22 bits per heavy atom. The zero-order valence-corrected chi connectivity index (χ0v) is 11.3. The van der Waals surface area contributed by atoms with Crippen molar-refractivity contribution in [2.45, 2.75) is 0 Å². The van der Waals surface area contributed by atoms with Crippen LogP contribution in [0.15, 0.2) is 41.0 Å². The maximum atomic E-state index is 13.1. The average molecular weight is 312 g/mol. The Kier molecular flexibility index (Phi) is 3.81. The number of aromatic nitrogens is 1. The van der Waals surface area contributed by atoms with Gasteiger partial charge in [-0.05, 0) is 24.3 Å². The molecule has 0 aliphatic heterocycles. The maximum absolute atomic E-state index is 13.1. The molecular weight excluding hydrogens is 301 g/mol. The first kappa shape index (κ1) is 12.8. The summed E-state index contributed by atoms with van der Waals surface area (Å²) in [7, 11) is 1.78. The standard InChI is InChI=1S/C13H11BrFNO2/c1-16-4-2-3-12(16)13(17)8-18-11-6-9(14)5-10(15)7-11/h2-7H,8H2,1H3. The summed E-state index contributed by atoms with van der Waals surface area (Å²) in [4.78, 5) is 11.8. The van der Waals surface area contributed by atoms with E-state index in [1.54, 1.807) is 36.0 Å². The van der Waals surface area contributed by atoms with Gasteiger partial charge in [-0.2, -0.15) is 0 Å². The second kappa shape index (κ2) is 5.35. The summed E-state index contributed by atoms with van der Waals surface area (Å²) in [6, 6.07) is 7.68. The molecule has 0 N–H and O–H groups in total. The van der Waals surface area contributed by atoms with E-state index in [0.717, 1.165) is 0 Å². The Labute approximate surface area is 112 Å². The summed E-state index contributed by atoms with van der Waals surface area (Å²) in [5.74, 6) is -0.238. The molecule has 0 fully saturated rings. The van der Waals surface area contributed by atoms with E-state index in [9.17, 15) is 9.18 Å². The van der Waals surface area contributed by atoms with Gasteiger partial charge in [-0.1, -0.05) is 15.9 Å². The van der Waals surface area contributed by atoms with E-state index in [-0.39, 0.29) is 12.4 Å². The highest BCUT2D eigenvalue weighted by Gasteiger charge is 2.10. The average Bonchev–Trinajstić information content (AvgIpc) is 2.71. The lowest BCUT2D eigenvalue weighted by atomic mass is 10.3. The SMILES string of the molecule is Cn1cccc1C(=O)COc1cc(F)cc(Br)c1. The van der Waals surface area contributed by atoms with Gasteiger partial charge < -0.3 is 9.30 Å². The molecule has 0 bridgehead atoms. The van der Waals surface area contributed by atoms with Gasteiger partial charge in [-0.15, -0.1) is 0 Å². The first-order valence-electron chi connectivity index (χ1n) is 5.29. The molecule has 3 nitrogen and oxygen atoms in total. The Balaban J connectivity index is 2.04. The third-order valence-electron chi connectivity index (χ3n) is 2.44. The summed E-state index contributed by atoms with van der Waals surface area (Å²) in [6.07, 6.45) is 1.78. The van der Waals surface area contributed by atoms with Crippen LogP contribution >= 0.6 is 15.9 Å². The number of ketones is 1. The van der Waals surface area contributed by atoms with E-state index < -0.39 is 5.82 Å². The van der Waals surface area contributed by atoms with Crippen molar-refractivity contribution < 1.29 is 13.9 Å². The monoisotopic (exact) mass is 311 g/mol. The van der Waals surface area contributed by atoms with E-state index in [1.807, 2.05) is 0 Å². The van der Waals surface area contributed by atoms with Crippen molar-refractivity contribution in [2.24, 2.45) is 7.05 Å². The van der Waals surface area contributed by atoms with Crippen molar-refractivity contribution >= 4 is 21.7 Å². The molecule has 94 valence electrons. The van der Waals surface area contributed by atoms with Gasteiger partial charge in [0, 0.05) is 23.8 Å². The number of carbonyl (C=O) groups is 1. The quantitative estimate of drug-likeness (QED) is 0.812. The Morgan fingerprint density at radius 1 is 1.44 bits per heavy atom. The number of ether oxygens (including phenoxy) is 1. The highest BCUT2D eigenvalue weighted by atomic mass is 79.9. The van der Waals surface area contributed by atoms with E-state index in [0.29, 0.717) is 15.9 Å². The van der Waals surface area contributed by atoms with Crippen LogP contribution in [0, 0.1) is 5.82 Å². The van der Waals surface area contributed by atoms with Crippen LogP contribution in [0.25, 0.3) is 0 Å². The van der Waals surface area contributed by atoms with Gasteiger partial charge in [0.1, 0.15) is 11.6 Å². The lowest BCUT2D eigenvalue weighted by Gasteiger charge is -2.07. The molecule has 0 aliphatic carbocycles. The fraction of sp³-hybridized carbons (Fsp3) is 0.154. The Hall–Kier alpha value is -1.62. The largest absolute Gasteiger partial charge is 0.485 e. The summed E-state index contributed by atoms with van der Waals surface area (Å²) in [6.45, 7) is -0.117. The predicted octanol–water partition coefficient (Wildman–Crippen LogP) is 3.19. The topological polar surface area (TPSA) is 31.2 Å². The van der Waals surface area contributed by atoms with Crippen molar-refractivity contribution in [1.82, 2.24) is 4.57 Å². The second-order valence-electron chi connectivity index (χ2n) is 3.82. The van der Waals surface area contributed by atoms with E-state index in [2.05, 4.69) is 15.9 Å². The third kappa shape index (κ3) is 2.98. The minimum Gasteiger partial charge on any atom is -0.485 e. The predicted molar refractivity (Wildman–Crippen MR) is 69.3 cm³/mol. The van der Waals surface area contributed by atoms with Gasteiger partial charge in [0.05, 0.1) is 5.69 Å². The van der Waals surface area contributed by atoms with Crippen molar-refractivity contribution in [2.75, 3.05) is 6.61 Å². The molecule has 0 spiro atoms. The fourth-order valence-electron chi connectivity index (χ4n) is 1.59. The summed E-state index contributed by atoms with van der Waals surface area (Å²) < 4.78 is 20.7. The number of benzene rings is 1. The lowest BCUT2D eigenvalue weighted by molar-refractivity contribution is 0.0913. The zero-order chi connectivity index (χ0) is 13.1. The van der Waals surface area contributed by atoms with E-state index >= 15 is 0 Å². The summed E-state index contributed by atoms with van der Waals surface area (Å²) in [5.41, 5.74) is 0.561. The summed E-state index contributed by atoms with van der Waals surface area (Å²) >= 11 is 3.16. The van der Waals surface area contributed by atoms with Crippen LogP contribution in [0.5, 0.6) is 5.75 Å². The molecule has 18 heavy (non-hydrogen) atoms. The molecular formula is C13H11BrFNO2. The van der Waals surface area contributed by atoms with Crippen LogP contribution in [0.2, 0.25) is 0 Å². The first-order chi connectivity index (χ1) is 8.56. The number of Topliss-reactive ketones (excluding diaryl/α,β-unsaturated/α-hetero) is 1. The minimum atomic E-state index is -0.411. The highest BCUT2D eigenvalue weighted by Crippen LogP contribution is 2.20. The number of carbonyl (C=O) groups excluding carboxylic acids is 1. The summed E-state index contributed by atoms with van der Waals surface area (Å²) in [5, 5.41) is 0. The van der Waals surface area contributed by atoms with Gasteiger partial charge >= 0.3 is 0 Å². The Bertz CT molecular complexity index is 560. The molecule has 2 rings (SSSR count). The zero-order valence-electron chi connectivity index (χ0n) is 9.69. The Morgan fingerprint density at radius 3 is 2.83 bits per heavy atom. The van der Waals surface area contributed by atoms with Crippen LogP contribution < -0.4 is 4.74 Å². The number of aryl methyl sites for hydroxylation is 1. The first-order valence-corrected chi connectivity index (χ1v) is 6.09. The van der Waals surface area contributed by atoms with Crippen molar-refractivity contribution in [1.29, 1.82) is 0 Å². The third-order valence-corrected chi connectivity index (χ3v) is 2.89. The molecule has 5 heteroatoms. The van der Waals surface area contributed by atoms with Gasteiger partial charge in [0.15, 0.2) is 6.61 Å². The van der Waals surface area contributed by atoms with Gasteiger partial charge in [-0.25, -0.2) is 4.39 Å². The molecule has 0 saturated heterocycles. The molecule has 0 atom stereocenters. The number of halogens is 2. The van der Waals surface area contributed by atoms with Crippen LogP contribution in [0.3, 0.4) is 0 Å². The van der Waals surface area contributed by atoms with Crippen LogP contribution in [0.4, 0.5) is 4.39 Å². The number of rotatable bonds is 4. The van der Waals surface area contributed by atoms with Gasteiger partial charge in [0.2, 0.25) is 5.78 Å². The molecule has 0 aliphatic rings. The van der Waals surface area contributed by atoms with Gasteiger partial charge in [0.25, 0.3) is 0 Å². The molecule has 0 saturated carbocycles. The maximum Gasteiger partial charge on any atom is 0.216 e. The fourth-order valence-corrected chi connectivity index (χ4v) is 2.03. The molecule has 0 radical (unpaired) electrons. The van der Waals surface area contributed by atoms with Crippen LogP contribution in [-0.4, -0.2) is 17.0 Å². The van der Waals surface area contributed by atoms with E-state index in [1.165, 1.54) is 12.1 Å². The highest BCUT2D eigenvalue weighted by molar-refractivity contribution is 9.10. The molecule has 2 aromatic rings. The number of hydrogen-bond acceptors (Lipinski definition) is 2. The van der Waals surface area contributed by atoms with Gasteiger partial charge in [-0.3, -0.25) is 4.79 Å². The second-order valence-corrected chi connectivity index (χ2v) is 4.74.